The van der Waals surface area contributed by atoms with Gasteiger partial charge in [0, 0.05) is 12.1 Å². The van der Waals surface area contributed by atoms with Gasteiger partial charge in [-0.1, -0.05) is 6.07 Å². The van der Waals surface area contributed by atoms with Gasteiger partial charge in [-0.05, 0) is 30.7 Å². The van der Waals surface area contributed by atoms with Crippen molar-refractivity contribution >= 4 is 27.3 Å². The lowest BCUT2D eigenvalue weighted by molar-refractivity contribution is -0.384. The predicted molar refractivity (Wildman–Crippen MR) is 118 cm³/mol. The average Bonchev–Trinajstić information content (AvgIpc) is 2.75. The van der Waals surface area contributed by atoms with Crippen LogP contribution in [0.4, 0.5) is 11.4 Å². The van der Waals surface area contributed by atoms with E-state index in [1.165, 1.54) is 33.5 Å². The Bertz CT molecular complexity index is 1100. The van der Waals surface area contributed by atoms with Crippen molar-refractivity contribution in [2.45, 2.75) is 13.0 Å². The molecule has 0 radical (unpaired) electrons. The SMILES string of the molecule is COc1ccc(C(C)NC(=O)CN(c2cc([N+](=O)[O-])ccc2OC)S(C)(=O)=O)cc1OC. The van der Waals surface area contributed by atoms with Gasteiger partial charge >= 0.3 is 0 Å². The number of non-ortho nitro benzene ring substituents is 1. The molecule has 0 saturated carbocycles. The fourth-order valence-electron chi connectivity index (χ4n) is 2.99. The first-order valence-corrected chi connectivity index (χ1v) is 11.2. The maximum atomic E-state index is 12.7. The van der Waals surface area contributed by atoms with Crippen molar-refractivity contribution in [2.24, 2.45) is 0 Å². The van der Waals surface area contributed by atoms with Crippen molar-refractivity contribution in [3.8, 4) is 17.2 Å². The third-order valence-corrected chi connectivity index (χ3v) is 5.74. The van der Waals surface area contributed by atoms with Crippen LogP contribution in [-0.4, -0.2) is 53.4 Å². The van der Waals surface area contributed by atoms with Crippen LogP contribution in [0.1, 0.15) is 18.5 Å². The van der Waals surface area contributed by atoms with Crippen LogP contribution in [0, 0.1) is 10.1 Å². The van der Waals surface area contributed by atoms with Crippen molar-refractivity contribution < 1.29 is 32.3 Å². The number of carbonyl (C=O) groups excluding carboxylic acids is 1. The summed E-state index contributed by atoms with van der Waals surface area (Å²) in [6.07, 6.45) is 0.899. The van der Waals surface area contributed by atoms with E-state index in [1.54, 1.807) is 25.1 Å². The molecule has 0 heterocycles. The Morgan fingerprint density at radius 3 is 2.19 bits per heavy atom. The van der Waals surface area contributed by atoms with Gasteiger partial charge in [-0.3, -0.25) is 19.2 Å². The number of nitro benzene ring substituents is 1. The number of nitro groups is 1. The summed E-state index contributed by atoms with van der Waals surface area (Å²) >= 11 is 0. The van der Waals surface area contributed by atoms with Crippen LogP contribution in [0.2, 0.25) is 0 Å². The van der Waals surface area contributed by atoms with Crippen LogP contribution in [-0.2, 0) is 14.8 Å². The second-order valence-corrected chi connectivity index (χ2v) is 8.69. The summed E-state index contributed by atoms with van der Waals surface area (Å²) in [7, 11) is 0.313. The van der Waals surface area contributed by atoms with Gasteiger partial charge in [-0.2, -0.15) is 0 Å². The van der Waals surface area contributed by atoms with E-state index in [0.29, 0.717) is 17.1 Å². The zero-order valence-electron chi connectivity index (χ0n) is 18.3. The van der Waals surface area contributed by atoms with Crippen LogP contribution in [0.3, 0.4) is 0 Å². The Hall–Kier alpha value is -3.54. The third kappa shape index (κ3) is 5.78. The number of hydrogen-bond donors (Lipinski definition) is 1. The minimum Gasteiger partial charge on any atom is -0.495 e. The molecule has 11 nitrogen and oxygen atoms in total. The summed E-state index contributed by atoms with van der Waals surface area (Å²) in [6.45, 7) is 1.12. The topological polar surface area (TPSA) is 137 Å². The molecule has 0 spiro atoms. The number of sulfonamides is 1. The number of ether oxygens (including phenoxy) is 3. The molecule has 0 saturated heterocycles. The van der Waals surface area contributed by atoms with Crippen molar-refractivity contribution in [2.75, 3.05) is 38.4 Å². The fourth-order valence-corrected chi connectivity index (χ4v) is 3.84. The summed E-state index contributed by atoms with van der Waals surface area (Å²) in [5, 5.41) is 13.9. The molecule has 2 aromatic rings. The maximum Gasteiger partial charge on any atom is 0.271 e. The highest BCUT2D eigenvalue weighted by atomic mass is 32.2. The lowest BCUT2D eigenvalue weighted by Gasteiger charge is -2.24. The molecule has 0 aliphatic heterocycles. The van der Waals surface area contributed by atoms with Crippen LogP contribution < -0.4 is 23.8 Å². The Balaban J connectivity index is 2.30. The molecule has 2 rings (SSSR count). The van der Waals surface area contributed by atoms with Gasteiger partial charge < -0.3 is 19.5 Å². The van der Waals surface area contributed by atoms with Crippen molar-refractivity contribution in [1.82, 2.24) is 5.32 Å². The van der Waals surface area contributed by atoms with Crippen LogP contribution >= 0.6 is 0 Å². The van der Waals surface area contributed by atoms with Gasteiger partial charge in [0.2, 0.25) is 15.9 Å². The molecular weight excluding hydrogens is 442 g/mol. The number of nitrogens with zero attached hydrogens (tertiary/aromatic N) is 2. The molecule has 0 aliphatic carbocycles. The second-order valence-electron chi connectivity index (χ2n) is 6.79. The number of nitrogens with one attached hydrogen (secondary N) is 1. The first-order chi connectivity index (χ1) is 15.0. The molecule has 2 aromatic carbocycles. The molecule has 1 unspecified atom stereocenters. The van der Waals surface area contributed by atoms with E-state index < -0.39 is 33.4 Å². The molecule has 0 fully saturated rings. The number of amides is 1. The smallest absolute Gasteiger partial charge is 0.271 e. The lowest BCUT2D eigenvalue weighted by atomic mass is 10.1. The van der Waals surface area contributed by atoms with Crippen LogP contribution in [0.5, 0.6) is 17.2 Å². The van der Waals surface area contributed by atoms with E-state index >= 15 is 0 Å². The van der Waals surface area contributed by atoms with Gasteiger partial charge in [-0.15, -0.1) is 0 Å². The summed E-state index contributed by atoms with van der Waals surface area (Å²) in [5.74, 6) is 0.453. The molecular formula is C20H25N3O8S. The van der Waals surface area contributed by atoms with Gasteiger partial charge in [0.15, 0.2) is 11.5 Å². The first-order valence-electron chi connectivity index (χ1n) is 9.33. The Kier molecular flexibility index (Phi) is 7.87. The Morgan fingerprint density at radius 2 is 1.66 bits per heavy atom. The minimum absolute atomic E-state index is 0.0711. The lowest BCUT2D eigenvalue weighted by Crippen LogP contribution is -2.41. The number of rotatable bonds is 10. The molecule has 0 bridgehead atoms. The number of benzene rings is 2. The Morgan fingerprint density at radius 1 is 1.06 bits per heavy atom. The molecule has 0 aliphatic rings. The fraction of sp³-hybridized carbons (Fsp3) is 0.350. The van der Waals surface area contributed by atoms with Crippen LogP contribution in [0.25, 0.3) is 0 Å². The van der Waals surface area contributed by atoms with Gasteiger partial charge in [0.25, 0.3) is 5.69 Å². The molecule has 174 valence electrons. The number of carbonyl (C=O) groups is 1. The van der Waals surface area contributed by atoms with E-state index in [1.807, 2.05) is 0 Å². The monoisotopic (exact) mass is 467 g/mol. The quantitative estimate of drug-likeness (QED) is 0.415. The number of hydrogen-bond acceptors (Lipinski definition) is 8. The Labute approximate surface area is 186 Å². The molecule has 32 heavy (non-hydrogen) atoms. The molecule has 12 heteroatoms. The van der Waals surface area contributed by atoms with Crippen molar-refractivity contribution in [3.63, 3.8) is 0 Å². The summed E-state index contributed by atoms with van der Waals surface area (Å²) in [6, 6.07) is 8.14. The highest BCUT2D eigenvalue weighted by Crippen LogP contribution is 2.34. The molecule has 1 amide bonds. The molecule has 1 N–H and O–H groups in total. The molecule has 1 atom stereocenters. The van der Waals surface area contributed by atoms with Gasteiger partial charge in [-0.25, -0.2) is 8.42 Å². The van der Waals surface area contributed by atoms with Crippen LogP contribution in [0.15, 0.2) is 36.4 Å². The first kappa shape index (κ1) is 24.7. The minimum atomic E-state index is -3.97. The van der Waals surface area contributed by atoms with Crippen molar-refractivity contribution in [3.05, 3.63) is 52.1 Å². The highest BCUT2D eigenvalue weighted by Gasteiger charge is 2.27. The van der Waals surface area contributed by atoms with E-state index in [4.69, 9.17) is 14.2 Å². The normalized spacial score (nSPS) is 11.9. The van der Waals surface area contributed by atoms with Crippen molar-refractivity contribution in [1.29, 1.82) is 0 Å². The maximum absolute atomic E-state index is 12.7. The van der Waals surface area contributed by atoms with E-state index in [0.717, 1.165) is 16.6 Å². The predicted octanol–water partition coefficient (Wildman–Crippen LogP) is 2.26. The molecule has 0 aromatic heterocycles. The average molecular weight is 468 g/mol. The summed E-state index contributed by atoms with van der Waals surface area (Å²) in [5.41, 5.74) is 0.251. The summed E-state index contributed by atoms with van der Waals surface area (Å²) in [4.78, 5) is 23.2. The van der Waals surface area contributed by atoms with E-state index in [-0.39, 0.29) is 17.1 Å². The van der Waals surface area contributed by atoms with E-state index in [9.17, 15) is 23.3 Å². The highest BCUT2D eigenvalue weighted by molar-refractivity contribution is 7.92. The zero-order valence-corrected chi connectivity index (χ0v) is 19.1. The van der Waals surface area contributed by atoms with Gasteiger partial charge in [0.1, 0.15) is 18.0 Å². The van der Waals surface area contributed by atoms with E-state index in [2.05, 4.69) is 5.32 Å². The standard InChI is InChI=1S/C20H25N3O8S/c1-13(14-6-8-18(30-3)19(10-14)31-4)21-20(24)12-22(32(5,27)28)16-11-15(23(25)26)7-9-17(16)29-2/h6-11,13H,12H2,1-5H3,(H,21,24). The van der Waals surface area contributed by atoms with Gasteiger partial charge in [0.05, 0.1) is 38.6 Å². The number of methoxy groups -OCH3 is 3. The second kappa shape index (κ2) is 10.2. The number of anilines is 1. The largest absolute Gasteiger partial charge is 0.495 e. The third-order valence-electron chi connectivity index (χ3n) is 4.61. The zero-order chi connectivity index (χ0) is 24.1. The summed E-state index contributed by atoms with van der Waals surface area (Å²) < 4.78 is 41.2.